The molecule has 0 unspecified atom stereocenters. The number of benzene rings is 2. The molecule has 2 aromatic rings. The van der Waals surface area contributed by atoms with Crippen molar-refractivity contribution in [3.63, 3.8) is 0 Å². The minimum Gasteiger partial charge on any atom is -0.496 e. The second kappa shape index (κ2) is 11.4. The van der Waals surface area contributed by atoms with Gasteiger partial charge in [-0.05, 0) is 68.0 Å². The van der Waals surface area contributed by atoms with Gasteiger partial charge in [-0.15, -0.1) is 0 Å². The van der Waals surface area contributed by atoms with Crippen molar-refractivity contribution in [2.24, 2.45) is 0 Å². The normalized spacial score (nSPS) is 15.9. The number of carbonyl (C=O) groups excluding carboxylic acids is 2. The third-order valence-electron chi connectivity index (χ3n) is 5.52. The molecule has 1 fully saturated rings. The van der Waals surface area contributed by atoms with Crippen LogP contribution in [0.5, 0.6) is 5.75 Å². The molecule has 3 rings (SSSR count). The number of carbonyl (C=O) groups is 2. The zero-order valence-electron chi connectivity index (χ0n) is 18.9. The number of amides is 3. The molecule has 34 heavy (non-hydrogen) atoms. The monoisotopic (exact) mass is 505 g/mol. The molecule has 1 aliphatic carbocycles. The zero-order valence-corrected chi connectivity index (χ0v) is 20.5. The summed E-state index contributed by atoms with van der Waals surface area (Å²) in [7, 11) is -2.53. The Balaban J connectivity index is 1.52. The SMILES string of the molecule is C=C1CCC[C@H](NC(=O)NS(=O)(=O)c2ccc(CCNC(=O)c3cc(Cl)ccc3OC)cc2)C1. The molecule has 0 heterocycles. The fourth-order valence-electron chi connectivity index (χ4n) is 3.78. The summed E-state index contributed by atoms with van der Waals surface area (Å²) in [5.74, 6) is 0.0942. The van der Waals surface area contributed by atoms with Gasteiger partial charge in [0.25, 0.3) is 15.9 Å². The van der Waals surface area contributed by atoms with Crippen molar-refractivity contribution in [2.45, 2.75) is 43.0 Å². The Morgan fingerprint density at radius 2 is 1.91 bits per heavy atom. The summed E-state index contributed by atoms with van der Waals surface area (Å²) in [6.07, 6.45) is 3.78. The van der Waals surface area contributed by atoms with Gasteiger partial charge in [-0.25, -0.2) is 17.9 Å². The van der Waals surface area contributed by atoms with Crippen LogP contribution in [-0.4, -0.2) is 40.1 Å². The van der Waals surface area contributed by atoms with Crippen molar-refractivity contribution in [1.29, 1.82) is 0 Å². The second-order valence-electron chi connectivity index (χ2n) is 8.12. The van der Waals surface area contributed by atoms with Crippen molar-refractivity contribution in [3.05, 3.63) is 70.8 Å². The number of methoxy groups -OCH3 is 1. The van der Waals surface area contributed by atoms with Crippen LogP contribution in [0.15, 0.2) is 59.5 Å². The van der Waals surface area contributed by atoms with Gasteiger partial charge in [-0.3, -0.25) is 4.79 Å². The summed E-state index contributed by atoms with van der Waals surface area (Å²) in [4.78, 5) is 24.6. The van der Waals surface area contributed by atoms with Crippen molar-refractivity contribution in [2.75, 3.05) is 13.7 Å². The minimum absolute atomic E-state index is 0.0212. The van der Waals surface area contributed by atoms with E-state index >= 15 is 0 Å². The zero-order chi connectivity index (χ0) is 24.7. The van der Waals surface area contributed by atoms with Crippen LogP contribution >= 0.6 is 11.6 Å². The van der Waals surface area contributed by atoms with Crippen LogP contribution in [-0.2, 0) is 16.4 Å². The first kappa shape index (κ1) is 25.6. The standard InChI is InChI=1S/C24H28ClN3O5S/c1-16-4-3-5-19(14-16)27-24(30)28-34(31,32)20-9-6-17(7-10-20)12-13-26-23(29)21-15-18(25)8-11-22(21)33-2/h6-11,15,19H,1,3-5,12-14H2,2H3,(H,26,29)(H2,27,28,30)/t19-/m0/s1. The number of rotatable bonds is 8. The van der Waals surface area contributed by atoms with Crippen LogP contribution in [0, 0.1) is 0 Å². The predicted octanol–water partition coefficient (Wildman–Crippen LogP) is 3.81. The Bertz CT molecular complexity index is 1170. The highest BCUT2D eigenvalue weighted by Gasteiger charge is 2.22. The van der Waals surface area contributed by atoms with Crippen molar-refractivity contribution >= 4 is 33.6 Å². The van der Waals surface area contributed by atoms with Crippen LogP contribution in [0.2, 0.25) is 5.02 Å². The Morgan fingerprint density at radius 3 is 2.59 bits per heavy atom. The highest BCUT2D eigenvalue weighted by molar-refractivity contribution is 7.90. The van der Waals surface area contributed by atoms with E-state index in [1.54, 1.807) is 24.3 Å². The summed E-state index contributed by atoms with van der Waals surface area (Å²) >= 11 is 5.97. The number of sulfonamides is 1. The first-order chi connectivity index (χ1) is 16.2. The molecule has 0 aromatic heterocycles. The highest BCUT2D eigenvalue weighted by Crippen LogP contribution is 2.23. The smallest absolute Gasteiger partial charge is 0.328 e. The fourth-order valence-corrected chi connectivity index (χ4v) is 4.87. The van der Waals surface area contributed by atoms with E-state index in [4.69, 9.17) is 16.3 Å². The predicted molar refractivity (Wildman–Crippen MR) is 131 cm³/mol. The van der Waals surface area contributed by atoms with Gasteiger partial charge in [0.1, 0.15) is 5.75 Å². The van der Waals surface area contributed by atoms with Gasteiger partial charge in [-0.1, -0.05) is 35.9 Å². The van der Waals surface area contributed by atoms with E-state index in [9.17, 15) is 18.0 Å². The molecule has 0 spiro atoms. The van der Waals surface area contributed by atoms with Crippen LogP contribution in [0.3, 0.4) is 0 Å². The summed E-state index contributed by atoms with van der Waals surface area (Å²) in [5, 5.41) is 5.92. The molecular weight excluding hydrogens is 478 g/mol. The van der Waals surface area contributed by atoms with Gasteiger partial charge in [0.15, 0.2) is 0 Å². The molecule has 1 atom stereocenters. The maximum absolute atomic E-state index is 12.5. The van der Waals surface area contributed by atoms with E-state index in [0.29, 0.717) is 35.7 Å². The van der Waals surface area contributed by atoms with Crippen LogP contribution < -0.4 is 20.1 Å². The molecule has 10 heteroatoms. The molecule has 0 aliphatic heterocycles. The lowest BCUT2D eigenvalue weighted by Gasteiger charge is -2.24. The van der Waals surface area contributed by atoms with Gasteiger partial charge in [0.2, 0.25) is 0 Å². The van der Waals surface area contributed by atoms with E-state index in [1.807, 2.05) is 0 Å². The van der Waals surface area contributed by atoms with E-state index in [0.717, 1.165) is 30.4 Å². The van der Waals surface area contributed by atoms with Gasteiger partial charge < -0.3 is 15.4 Å². The maximum atomic E-state index is 12.5. The lowest BCUT2D eigenvalue weighted by atomic mass is 9.92. The summed E-state index contributed by atoms with van der Waals surface area (Å²) in [6.45, 7) is 4.26. The average Bonchev–Trinajstić information content (AvgIpc) is 2.79. The number of ether oxygens (including phenoxy) is 1. The molecule has 1 saturated carbocycles. The molecule has 3 N–H and O–H groups in total. The van der Waals surface area contributed by atoms with Crippen molar-refractivity contribution < 1.29 is 22.7 Å². The second-order valence-corrected chi connectivity index (χ2v) is 10.2. The lowest BCUT2D eigenvalue weighted by Crippen LogP contribution is -2.45. The molecule has 2 aromatic carbocycles. The van der Waals surface area contributed by atoms with E-state index in [1.165, 1.54) is 25.3 Å². The summed E-state index contributed by atoms with van der Waals surface area (Å²) in [5.41, 5.74) is 2.21. The quantitative estimate of drug-likeness (QED) is 0.472. The summed E-state index contributed by atoms with van der Waals surface area (Å²) < 4.78 is 32.3. The summed E-state index contributed by atoms with van der Waals surface area (Å²) in [6, 6.07) is 10.1. The van der Waals surface area contributed by atoms with Crippen LogP contribution in [0.4, 0.5) is 4.79 Å². The van der Waals surface area contributed by atoms with Crippen molar-refractivity contribution in [3.8, 4) is 5.75 Å². The van der Waals surface area contributed by atoms with E-state index in [2.05, 4.69) is 21.9 Å². The lowest BCUT2D eigenvalue weighted by molar-refractivity contribution is 0.0951. The largest absolute Gasteiger partial charge is 0.496 e. The molecule has 3 amide bonds. The maximum Gasteiger partial charge on any atom is 0.328 e. The van der Waals surface area contributed by atoms with E-state index < -0.39 is 16.1 Å². The average molecular weight is 506 g/mol. The molecule has 182 valence electrons. The molecular formula is C24H28ClN3O5S. The van der Waals surface area contributed by atoms with Crippen LogP contribution in [0.25, 0.3) is 0 Å². The third kappa shape index (κ3) is 6.98. The van der Waals surface area contributed by atoms with Gasteiger partial charge in [-0.2, -0.15) is 0 Å². The third-order valence-corrected chi connectivity index (χ3v) is 7.10. The number of hydrogen-bond donors (Lipinski definition) is 3. The first-order valence-electron chi connectivity index (χ1n) is 10.9. The number of nitrogens with one attached hydrogen (secondary N) is 3. The van der Waals surface area contributed by atoms with Gasteiger partial charge >= 0.3 is 6.03 Å². The molecule has 0 saturated heterocycles. The van der Waals surface area contributed by atoms with Crippen molar-refractivity contribution in [1.82, 2.24) is 15.4 Å². The minimum atomic E-state index is -4.00. The van der Waals surface area contributed by atoms with E-state index in [-0.39, 0.29) is 16.8 Å². The van der Waals surface area contributed by atoms with Crippen LogP contribution in [0.1, 0.15) is 41.6 Å². The number of halogens is 1. The van der Waals surface area contributed by atoms with Gasteiger partial charge in [0.05, 0.1) is 17.6 Å². The Hall–Kier alpha value is -3.04. The molecule has 8 nitrogen and oxygen atoms in total. The first-order valence-corrected chi connectivity index (χ1v) is 12.7. The Labute approximate surface area is 204 Å². The van der Waals surface area contributed by atoms with Gasteiger partial charge in [0, 0.05) is 17.6 Å². The Kier molecular flexibility index (Phi) is 8.57. The topological polar surface area (TPSA) is 114 Å². The fraction of sp³-hybridized carbons (Fsp3) is 0.333. The molecule has 1 aliphatic rings. The Morgan fingerprint density at radius 1 is 1.18 bits per heavy atom. The molecule has 0 bridgehead atoms. The number of hydrogen-bond acceptors (Lipinski definition) is 5. The molecule has 0 radical (unpaired) electrons. The number of urea groups is 1. The highest BCUT2D eigenvalue weighted by atomic mass is 35.5.